The van der Waals surface area contributed by atoms with Crippen LogP contribution in [0.2, 0.25) is 0 Å². The maximum atomic E-state index is 6.43. The summed E-state index contributed by atoms with van der Waals surface area (Å²) in [4.78, 5) is 0. The van der Waals surface area contributed by atoms with Crippen LogP contribution in [0.3, 0.4) is 0 Å². The molecule has 1 aliphatic heterocycles. The molecule has 1 aliphatic carbocycles. The van der Waals surface area contributed by atoms with Gasteiger partial charge in [-0.05, 0) is 53.9 Å². The van der Waals surface area contributed by atoms with Crippen LogP contribution in [0.1, 0.15) is 67.2 Å². The Labute approximate surface area is 106 Å². The fourth-order valence-corrected chi connectivity index (χ4v) is 3.75. The molecule has 0 amide bonds. The highest BCUT2D eigenvalue weighted by molar-refractivity contribution is 5.75. The van der Waals surface area contributed by atoms with Gasteiger partial charge in [-0.3, -0.25) is 0 Å². The van der Waals surface area contributed by atoms with Crippen molar-refractivity contribution in [1.82, 2.24) is 0 Å². The van der Waals surface area contributed by atoms with Gasteiger partial charge >= 0.3 is 5.90 Å². The molecule has 0 aromatic carbocycles. The summed E-state index contributed by atoms with van der Waals surface area (Å²) in [5, 5.41) is 0. The molecule has 0 aromatic rings. The lowest BCUT2D eigenvalue weighted by atomic mass is 9.71. The minimum atomic E-state index is 0.0229. The van der Waals surface area contributed by atoms with E-state index in [1.54, 1.807) is 0 Å². The summed E-state index contributed by atoms with van der Waals surface area (Å²) in [6.45, 7) is 13.8. The first-order chi connectivity index (χ1) is 7.82. The molecule has 1 fully saturated rings. The molecule has 2 nitrogen and oxygen atoms in total. The number of hydrogen-bond donors (Lipinski definition) is 0. The van der Waals surface area contributed by atoms with Gasteiger partial charge in [0.25, 0.3) is 0 Å². The lowest BCUT2D eigenvalue weighted by Gasteiger charge is -2.40. The lowest BCUT2D eigenvalue weighted by Crippen LogP contribution is -2.56. The smallest absolute Gasteiger partial charge is 0.340 e. The van der Waals surface area contributed by atoms with E-state index in [1.807, 2.05) is 0 Å². The molecular weight excluding hydrogens is 210 g/mol. The summed E-state index contributed by atoms with van der Waals surface area (Å²) in [5.41, 5.74) is 0.216. The Bertz CT molecular complexity index is 345. The van der Waals surface area contributed by atoms with E-state index in [0.717, 1.165) is 0 Å². The van der Waals surface area contributed by atoms with E-state index < -0.39 is 0 Å². The van der Waals surface area contributed by atoms with Gasteiger partial charge < -0.3 is 4.74 Å². The molecule has 0 unspecified atom stereocenters. The van der Waals surface area contributed by atoms with Crippen molar-refractivity contribution in [1.29, 1.82) is 0 Å². The van der Waals surface area contributed by atoms with Crippen LogP contribution in [0.25, 0.3) is 0 Å². The molecule has 0 saturated heterocycles. The maximum absolute atomic E-state index is 6.43. The van der Waals surface area contributed by atoms with Crippen molar-refractivity contribution < 1.29 is 9.31 Å². The van der Waals surface area contributed by atoms with Crippen LogP contribution in [0.4, 0.5) is 0 Å². The third-order valence-electron chi connectivity index (χ3n) is 4.82. The Hall–Kier alpha value is -0.530. The van der Waals surface area contributed by atoms with E-state index >= 15 is 0 Å². The van der Waals surface area contributed by atoms with Gasteiger partial charge in [0.1, 0.15) is 0 Å². The number of hydrogen-bond acceptors (Lipinski definition) is 1. The molecular formula is C15H28NO+. The summed E-state index contributed by atoms with van der Waals surface area (Å²) in [5.74, 6) is 1.70. The molecule has 2 aliphatic rings. The zero-order valence-electron chi connectivity index (χ0n) is 12.3. The van der Waals surface area contributed by atoms with Crippen molar-refractivity contribution >= 4 is 5.90 Å². The predicted octanol–water partition coefficient (Wildman–Crippen LogP) is 3.58. The largest absolute Gasteiger partial charge is 0.434 e. The van der Waals surface area contributed by atoms with Crippen LogP contribution >= 0.6 is 0 Å². The van der Waals surface area contributed by atoms with Gasteiger partial charge in [0.05, 0.1) is 5.92 Å². The Kier molecular flexibility index (Phi) is 3.04. The van der Waals surface area contributed by atoms with Crippen LogP contribution in [0, 0.1) is 5.92 Å². The van der Waals surface area contributed by atoms with Gasteiger partial charge in [-0.2, -0.15) is 4.58 Å². The summed E-state index contributed by atoms with van der Waals surface area (Å²) < 4.78 is 9.00. The number of ether oxygens (including phenoxy) is 1. The standard InChI is InChI=1S/C15H28NO/c1-11(2)13-16(12(3)4)14(5)9-7-8-10-15(14,6)17-13/h11-12H,7-10H2,1-6H3/q+1/t14-,15-/m1/s1. The van der Waals surface area contributed by atoms with Gasteiger partial charge in [-0.15, -0.1) is 0 Å². The van der Waals surface area contributed by atoms with Crippen molar-refractivity contribution in [3.63, 3.8) is 0 Å². The summed E-state index contributed by atoms with van der Waals surface area (Å²) in [7, 11) is 0. The summed E-state index contributed by atoms with van der Waals surface area (Å²) in [6, 6.07) is 0.525. The molecule has 1 saturated carbocycles. The highest BCUT2D eigenvalue weighted by Crippen LogP contribution is 2.47. The molecule has 1 heterocycles. The SMILES string of the molecule is CC(C)C1=[N+](C(C)C)[C@]2(C)CCCC[C@@]2(C)O1. The fourth-order valence-electron chi connectivity index (χ4n) is 3.75. The first-order valence-corrected chi connectivity index (χ1v) is 7.17. The number of rotatable bonds is 2. The van der Waals surface area contributed by atoms with E-state index in [4.69, 9.17) is 4.74 Å². The van der Waals surface area contributed by atoms with E-state index in [2.05, 4.69) is 46.1 Å². The molecule has 0 bridgehead atoms. The molecule has 2 heteroatoms. The molecule has 17 heavy (non-hydrogen) atoms. The van der Waals surface area contributed by atoms with Gasteiger partial charge in [-0.1, -0.05) is 0 Å². The number of fused-ring (bicyclic) bond motifs is 1. The lowest BCUT2D eigenvalue weighted by molar-refractivity contribution is -0.635. The normalized spacial score (nSPS) is 37.6. The van der Waals surface area contributed by atoms with E-state index in [0.29, 0.717) is 12.0 Å². The summed E-state index contributed by atoms with van der Waals surface area (Å²) in [6.07, 6.45) is 5.11. The first kappa shape index (κ1) is 12.9. The average molecular weight is 238 g/mol. The average Bonchev–Trinajstić information content (AvgIpc) is 2.46. The molecule has 0 N–H and O–H groups in total. The molecule has 2 atom stereocenters. The van der Waals surface area contributed by atoms with Crippen LogP contribution in [-0.2, 0) is 4.74 Å². The van der Waals surface area contributed by atoms with Gasteiger partial charge in [-0.25, -0.2) is 0 Å². The highest BCUT2D eigenvalue weighted by Gasteiger charge is 2.64. The van der Waals surface area contributed by atoms with Crippen molar-refractivity contribution in [2.75, 3.05) is 0 Å². The quantitative estimate of drug-likeness (QED) is 0.670. The van der Waals surface area contributed by atoms with E-state index in [9.17, 15) is 0 Å². The molecule has 0 radical (unpaired) electrons. The second-order valence-corrected chi connectivity index (χ2v) is 6.77. The van der Waals surface area contributed by atoms with Crippen LogP contribution < -0.4 is 0 Å². The highest BCUT2D eigenvalue weighted by atomic mass is 16.5. The second-order valence-electron chi connectivity index (χ2n) is 6.77. The molecule has 98 valence electrons. The monoisotopic (exact) mass is 238 g/mol. The third kappa shape index (κ3) is 1.71. The predicted molar refractivity (Wildman–Crippen MR) is 71.6 cm³/mol. The Balaban J connectivity index is 2.49. The fraction of sp³-hybridized carbons (Fsp3) is 0.933. The summed E-state index contributed by atoms with van der Waals surface area (Å²) >= 11 is 0. The van der Waals surface area contributed by atoms with Gasteiger partial charge in [0.15, 0.2) is 11.6 Å². The van der Waals surface area contributed by atoms with Crippen LogP contribution in [0.5, 0.6) is 0 Å². The second kappa shape index (κ2) is 4.00. The number of nitrogens with zero attached hydrogens (tertiary/aromatic N) is 1. The Morgan fingerprint density at radius 2 is 1.65 bits per heavy atom. The van der Waals surface area contributed by atoms with Crippen molar-refractivity contribution in [2.24, 2.45) is 5.92 Å². The molecule has 0 aromatic heterocycles. The van der Waals surface area contributed by atoms with E-state index in [1.165, 1.54) is 31.6 Å². The maximum Gasteiger partial charge on any atom is 0.340 e. The van der Waals surface area contributed by atoms with Crippen molar-refractivity contribution in [3.05, 3.63) is 0 Å². The van der Waals surface area contributed by atoms with Gasteiger partial charge in [0.2, 0.25) is 5.54 Å². The van der Waals surface area contributed by atoms with E-state index in [-0.39, 0.29) is 11.1 Å². The van der Waals surface area contributed by atoms with Gasteiger partial charge in [0, 0.05) is 13.3 Å². The van der Waals surface area contributed by atoms with Crippen LogP contribution in [-0.4, -0.2) is 27.7 Å². The minimum Gasteiger partial charge on any atom is -0.434 e. The zero-order valence-corrected chi connectivity index (χ0v) is 12.3. The third-order valence-corrected chi connectivity index (χ3v) is 4.82. The Morgan fingerprint density at radius 1 is 1.06 bits per heavy atom. The molecule has 2 rings (SSSR count). The first-order valence-electron chi connectivity index (χ1n) is 7.17. The minimum absolute atomic E-state index is 0.0229. The topological polar surface area (TPSA) is 12.2 Å². The molecule has 0 spiro atoms. The van der Waals surface area contributed by atoms with Crippen molar-refractivity contribution in [3.8, 4) is 0 Å². The van der Waals surface area contributed by atoms with Crippen LogP contribution in [0.15, 0.2) is 0 Å². The Morgan fingerprint density at radius 3 is 2.18 bits per heavy atom. The zero-order chi connectivity index (χ0) is 12.8. The van der Waals surface area contributed by atoms with Crippen molar-refractivity contribution in [2.45, 2.75) is 84.4 Å².